The summed E-state index contributed by atoms with van der Waals surface area (Å²) in [6.45, 7) is 5.81. The van der Waals surface area contributed by atoms with Crippen molar-refractivity contribution in [2.75, 3.05) is 19.7 Å². The third-order valence-corrected chi connectivity index (χ3v) is 4.71. The van der Waals surface area contributed by atoms with Crippen molar-refractivity contribution in [1.82, 2.24) is 5.32 Å². The van der Waals surface area contributed by atoms with Gasteiger partial charge >= 0.3 is 0 Å². The van der Waals surface area contributed by atoms with E-state index in [-0.39, 0.29) is 5.60 Å². The fourth-order valence-electron chi connectivity index (χ4n) is 3.68. The molecule has 2 nitrogen and oxygen atoms in total. The maximum atomic E-state index is 6.13. The molecule has 0 aromatic carbocycles. The van der Waals surface area contributed by atoms with Gasteiger partial charge in [0.2, 0.25) is 0 Å². The number of rotatable bonds is 5. The summed E-state index contributed by atoms with van der Waals surface area (Å²) in [5.41, 5.74) is 0.793. The molecule has 2 aliphatic rings. The number of hydrogen-bond acceptors (Lipinski definition) is 2. The minimum absolute atomic E-state index is 0.276. The van der Waals surface area contributed by atoms with Gasteiger partial charge in [0.15, 0.2) is 0 Å². The maximum Gasteiger partial charge on any atom is 0.102 e. The van der Waals surface area contributed by atoms with Gasteiger partial charge < -0.3 is 10.1 Å². The van der Waals surface area contributed by atoms with Crippen molar-refractivity contribution in [3.63, 3.8) is 0 Å². The fourth-order valence-corrected chi connectivity index (χ4v) is 3.68. The molecule has 1 heterocycles. The molecule has 2 fully saturated rings. The number of nitrogens with one attached hydrogen (secondary N) is 1. The highest BCUT2D eigenvalue weighted by Gasteiger charge is 2.44. The summed E-state index contributed by atoms with van der Waals surface area (Å²) in [5.74, 6) is 0. The molecule has 0 aromatic heterocycles. The van der Waals surface area contributed by atoms with Crippen LogP contribution in [-0.4, -0.2) is 33.1 Å². The van der Waals surface area contributed by atoms with Crippen molar-refractivity contribution in [2.45, 2.75) is 63.8 Å². The molecule has 1 N–H and O–H groups in total. The Kier molecular flexibility index (Phi) is 4.54. The second-order valence-electron chi connectivity index (χ2n) is 6.48. The summed E-state index contributed by atoms with van der Waals surface area (Å²) in [7, 11) is 2.23. The van der Waals surface area contributed by atoms with Crippen molar-refractivity contribution < 1.29 is 4.74 Å². The number of hydrogen-bond donors (Lipinski definition) is 1. The van der Waals surface area contributed by atoms with Gasteiger partial charge in [0.25, 0.3) is 0 Å². The fraction of sp³-hybridized carbons (Fsp3) is 1.00. The molecule has 0 radical (unpaired) electrons. The van der Waals surface area contributed by atoms with Crippen LogP contribution < -0.4 is 5.32 Å². The third kappa shape index (κ3) is 3.48. The Morgan fingerprint density at radius 2 is 1.94 bits per heavy atom. The normalized spacial score (nSPS) is 32.1. The highest BCUT2D eigenvalue weighted by molar-refractivity contribution is 6.08. The van der Waals surface area contributed by atoms with Crippen molar-refractivity contribution in [3.8, 4) is 0 Å². The first-order valence-corrected chi connectivity index (χ1v) is 7.53. The van der Waals surface area contributed by atoms with E-state index in [9.17, 15) is 0 Å². The van der Waals surface area contributed by atoms with Crippen molar-refractivity contribution in [2.24, 2.45) is 5.41 Å². The molecule has 0 unspecified atom stereocenters. The van der Waals surface area contributed by atoms with Gasteiger partial charge in [0.1, 0.15) is 7.85 Å². The van der Waals surface area contributed by atoms with Crippen LogP contribution in [0.1, 0.15) is 51.9 Å². The molecule has 1 aliphatic heterocycles. The van der Waals surface area contributed by atoms with Crippen LogP contribution in [-0.2, 0) is 4.74 Å². The van der Waals surface area contributed by atoms with Crippen LogP contribution in [0.3, 0.4) is 0 Å². The van der Waals surface area contributed by atoms with Gasteiger partial charge in [-0.25, -0.2) is 0 Å². The Balaban J connectivity index is 1.82. The SMILES string of the molecule is BCCNCC[C@]1(C)CCOC2(CCCC2)C1. The zero-order valence-electron chi connectivity index (χ0n) is 11.7. The van der Waals surface area contributed by atoms with E-state index in [1.165, 1.54) is 57.8 Å². The highest BCUT2D eigenvalue weighted by Crippen LogP contribution is 2.48. The minimum Gasteiger partial charge on any atom is -0.375 e. The molecule has 98 valence electrons. The van der Waals surface area contributed by atoms with E-state index in [1.54, 1.807) is 0 Å². The summed E-state index contributed by atoms with van der Waals surface area (Å²) in [5, 5.41) is 3.55. The molecule has 0 bridgehead atoms. The van der Waals surface area contributed by atoms with Gasteiger partial charge in [-0.1, -0.05) is 26.1 Å². The van der Waals surface area contributed by atoms with E-state index < -0.39 is 0 Å². The van der Waals surface area contributed by atoms with E-state index in [0.29, 0.717) is 5.41 Å². The van der Waals surface area contributed by atoms with Gasteiger partial charge in [0.05, 0.1) is 5.60 Å². The van der Waals surface area contributed by atoms with E-state index in [2.05, 4.69) is 20.1 Å². The second-order valence-corrected chi connectivity index (χ2v) is 6.48. The minimum atomic E-state index is 0.276. The van der Waals surface area contributed by atoms with Crippen molar-refractivity contribution in [3.05, 3.63) is 0 Å². The molecule has 1 atom stereocenters. The predicted molar refractivity (Wildman–Crippen MR) is 75.3 cm³/mol. The molecular weight excluding hydrogens is 209 g/mol. The van der Waals surface area contributed by atoms with Crippen LogP contribution in [0.5, 0.6) is 0 Å². The molecule has 0 aromatic rings. The van der Waals surface area contributed by atoms with Crippen molar-refractivity contribution in [1.29, 1.82) is 0 Å². The lowest BCUT2D eigenvalue weighted by Crippen LogP contribution is -2.43. The Bertz CT molecular complexity index is 240. The third-order valence-electron chi connectivity index (χ3n) is 4.71. The number of ether oxygens (including phenoxy) is 1. The molecule has 1 spiro atoms. The Morgan fingerprint density at radius 1 is 1.18 bits per heavy atom. The standard InChI is InChI=1S/C14H28BNO/c1-13(6-9-16-10-8-15)7-11-17-14(12-13)4-2-3-5-14/h16H,2-12,15H2,1H3/t13-/m1/s1. The molecule has 1 saturated carbocycles. The van der Waals surface area contributed by atoms with Crippen LogP contribution in [0.4, 0.5) is 0 Å². The first-order chi connectivity index (χ1) is 8.18. The predicted octanol–water partition coefficient (Wildman–Crippen LogP) is 2.15. The molecule has 0 amide bonds. The zero-order chi connectivity index (χ0) is 12.2. The average Bonchev–Trinajstić information content (AvgIpc) is 2.72. The summed E-state index contributed by atoms with van der Waals surface area (Å²) in [6.07, 6.45) is 10.5. The molecule has 2 rings (SSSR count). The van der Waals surface area contributed by atoms with Gasteiger partial charge in [-0.05, 0) is 50.6 Å². The Morgan fingerprint density at radius 3 is 2.65 bits per heavy atom. The molecule has 17 heavy (non-hydrogen) atoms. The lowest BCUT2D eigenvalue weighted by atomic mass is 9.71. The lowest BCUT2D eigenvalue weighted by molar-refractivity contribution is -0.119. The summed E-state index contributed by atoms with van der Waals surface area (Å²) < 4.78 is 6.13. The van der Waals surface area contributed by atoms with Crippen LogP contribution >= 0.6 is 0 Å². The molecular formula is C14H28BNO. The first kappa shape index (κ1) is 13.4. The second kappa shape index (κ2) is 5.75. The first-order valence-electron chi connectivity index (χ1n) is 7.53. The van der Waals surface area contributed by atoms with Crippen LogP contribution in [0.2, 0.25) is 6.32 Å². The van der Waals surface area contributed by atoms with E-state index in [0.717, 1.165) is 13.2 Å². The highest BCUT2D eigenvalue weighted by atomic mass is 16.5. The van der Waals surface area contributed by atoms with Gasteiger partial charge in [-0.15, -0.1) is 0 Å². The van der Waals surface area contributed by atoms with Crippen LogP contribution in [0.15, 0.2) is 0 Å². The van der Waals surface area contributed by atoms with E-state index in [1.807, 2.05) is 0 Å². The monoisotopic (exact) mass is 237 g/mol. The van der Waals surface area contributed by atoms with Crippen LogP contribution in [0, 0.1) is 5.41 Å². The smallest absolute Gasteiger partial charge is 0.102 e. The average molecular weight is 237 g/mol. The van der Waals surface area contributed by atoms with E-state index in [4.69, 9.17) is 4.74 Å². The topological polar surface area (TPSA) is 21.3 Å². The summed E-state index contributed by atoms with van der Waals surface area (Å²) in [4.78, 5) is 0. The summed E-state index contributed by atoms with van der Waals surface area (Å²) in [6, 6.07) is 0. The van der Waals surface area contributed by atoms with Gasteiger partial charge in [-0.3, -0.25) is 0 Å². The maximum absolute atomic E-state index is 6.13. The van der Waals surface area contributed by atoms with Gasteiger partial charge in [-0.2, -0.15) is 0 Å². The molecule has 1 aliphatic carbocycles. The molecule has 1 saturated heterocycles. The van der Waals surface area contributed by atoms with Crippen molar-refractivity contribution >= 4 is 7.85 Å². The quantitative estimate of drug-likeness (QED) is 0.584. The molecule has 3 heteroatoms. The zero-order valence-corrected chi connectivity index (χ0v) is 11.7. The van der Waals surface area contributed by atoms with Crippen LogP contribution in [0.25, 0.3) is 0 Å². The van der Waals surface area contributed by atoms with Gasteiger partial charge in [0, 0.05) is 6.61 Å². The largest absolute Gasteiger partial charge is 0.375 e. The Labute approximate surface area is 107 Å². The Hall–Kier alpha value is -0.0151. The lowest BCUT2D eigenvalue weighted by Gasteiger charge is -2.45. The van der Waals surface area contributed by atoms with E-state index >= 15 is 0 Å². The summed E-state index contributed by atoms with van der Waals surface area (Å²) >= 11 is 0.